The zero-order chi connectivity index (χ0) is 12.4. The second-order valence-electron chi connectivity index (χ2n) is 3.49. The lowest BCUT2D eigenvalue weighted by molar-refractivity contribution is 0.102. The Morgan fingerprint density at radius 3 is 2.76 bits per heavy atom. The van der Waals surface area contributed by atoms with Crippen LogP contribution in [0.15, 0.2) is 28.9 Å². The number of rotatable bonds is 3. The first-order valence-corrected chi connectivity index (χ1v) is 4.92. The minimum atomic E-state index is -0.893. The van der Waals surface area contributed by atoms with Gasteiger partial charge in [0.25, 0.3) is 0 Å². The van der Waals surface area contributed by atoms with Crippen LogP contribution in [-0.4, -0.2) is 19.1 Å². The fraction of sp³-hybridized carbons (Fsp3) is 0.167. The number of allylic oxidation sites excluding steroid dienone is 1. The van der Waals surface area contributed by atoms with Gasteiger partial charge in [0.1, 0.15) is 5.82 Å². The summed E-state index contributed by atoms with van der Waals surface area (Å²) in [6, 6.07) is 1.64. The van der Waals surface area contributed by atoms with Crippen LogP contribution < -0.4 is 4.74 Å². The molecule has 0 N–H and O–H groups in total. The largest absolute Gasteiger partial charge is 0.493 e. The van der Waals surface area contributed by atoms with Crippen molar-refractivity contribution in [2.75, 3.05) is 7.11 Å². The van der Waals surface area contributed by atoms with Crippen molar-refractivity contribution in [2.45, 2.75) is 6.42 Å². The molecule has 2 rings (SSSR count). The Kier molecular flexibility index (Phi) is 2.99. The van der Waals surface area contributed by atoms with Gasteiger partial charge in [0, 0.05) is 30.5 Å². The number of methoxy groups -OCH3 is 1. The van der Waals surface area contributed by atoms with E-state index in [0.717, 1.165) is 6.07 Å². The molecule has 0 aromatic heterocycles. The fourth-order valence-corrected chi connectivity index (χ4v) is 1.61. The van der Waals surface area contributed by atoms with E-state index in [1.165, 1.54) is 13.3 Å². The Balaban J connectivity index is 2.47. The molecular formula is C12H9F2NO2. The summed E-state index contributed by atoms with van der Waals surface area (Å²) in [6.45, 7) is 0. The lowest BCUT2D eigenvalue weighted by Crippen LogP contribution is -2.07. The fourth-order valence-electron chi connectivity index (χ4n) is 1.61. The van der Waals surface area contributed by atoms with Crippen LogP contribution in [0.4, 0.5) is 8.78 Å². The predicted octanol–water partition coefficient (Wildman–Crippen LogP) is 2.51. The molecule has 0 saturated heterocycles. The maximum atomic E-state index is 13.4. The number of hydrogen-bond acceptors (Lipinski definition) is 3. The Hall–Kier alpha value is -2.04. The van der Waals surface area contributed by atoms with Gasteiger partial charge < -0.3 is 4.74 Å². The first-order valence-electron chi connectivity index (χ1n) is 4.92. The zero-order valence-corrected chi connectivity index (χ0v) is 9.04. The first kappa shape index (κ1) is 11.4. The molecule has 17 heavy (non-hydrogen) atoms. The summed E-state index contributed by atoms with van der Waals surface area (Å²) in [7, 11) is 1.23. The molecule has 3 nitrogen and oxygen atoms in total. The minimum Gasteiger partial charge on any atom is -0.493 e. The Morgan fingerprint density at radius 2 is 2.18 bits per heavy atom. The van der Waals surface area contributed by atoms with Crippen molar-refractivity contribution < 1.29 is 18.3 Å². The number of carbonyl (C=O) groups is 1. The molecule has 5 heteroatoms. The van der Waals surface area contributed by atoms with E-state index in [4.69, 9.17) is 4.74 Å². The third-order valence-electron chi connectivity index (χ3n) is 2.40. The van der Waals surface area contributed by atoms with Gasteiger partial charge in [0.2, 0.25) is 0 Å². The number of aliphatic imine (C=N–C) groups is 1. The van der Waals surface area contributed by atoms with E-state index < -0.39 is 17.4 Å². The van der Waals surface area contributed by atoms with E-state index in [0.29, 0.717) is 18.1 Å². The van der Waals surface area contributed by atoms with Crippen molar-refractivity contribution in [2.24, 2.45) is 4.99 Å². The molecule has 0 saturated carbocycles. The van der Waals surface area contributed by atoms with E-state index in [9.17, 15) is 13.6 Å². The summed E-state index contributed by atoms with van der Waals surface area (Å²) in [4.78, 5) is 15.7. The van der Waals surface area contributed by atoms with E-state index in [2.05, 4.69) is 4.99 Å². The van der Waals surface area contributed by atoms with Gasteiger partial charge in [0.15, 0.2) is 17.3 Å². The van der Waals surface area contributed by atoms with E-state index in [1.54, 1.807) is 6.21 Å². The van der Waals surface area contributed by atoms with Gasteiger partial charge >= 0.3 is 0 Å². The third kappa shape index (κ3) is 2.08. The third-order valence-corrected chi connectivity index (χ3v) is 2.40. The number of benzene rings is 1. The van der Waals surface area contributed by atoms with E-state index >= 15 is 0 Å². The van der Waals surface area contributed by atoms with Crippen LogP contribution in [0.5, 0.6) is 5.75 Å². The molecule has 0 amide bonds. The second-order valence-corrected chi connectivity index (χ2v) is 3.49. The summed E-state index contributed by atoms with van der Waals surface area (Å²) in [5.41, 5.74) is 0.259. The van der Waals surface area contributed by atoms with Crippen LogP contribution >= 0.6 is 0 Å². The van der Waals surface area contributed by atoms with E-state index in [-0.39, 0.29) is 11.3 Å². The maximum absolute atomic E-state index is 13.4. The SMILES string of the molecule is COc1c(F)cc(F)cc1C(=O)C1=CN=CC1. The topological polar surface area (TPSA) is 38.7 Å². The number of nitrogens with zero attached hydrogens (tertiary/aromatic N) is 1. The number of halogens is 2. The smallest absolute Gasteiger partial charge is 0.194 e. The van der Waals surface area contributed by atoms with Gasteiger partial charge in [-0.3, -0.25) is 9.79 Å². The van der Waals surface area contributed by atoms with Crippen LogP contribution in [0.1, 0.15) is 16.8 Å². The number of hydrogen-bond donors (Lipinski definition) is 0. The van der Waals surface area contributed by atoms with Gasteiger partial charge in [-0.25, -0.2) is 8.78 Å². The van der Waals surface area contributed by atoms with Crippen molar-refractivity contribution in [1.82, 2.24) is 0 Å². The van der Waals surface area contributed by atoms with E-state index in [1.807, 2.05) is 0 Å². The molecule has 1 aromatic rings. The van der Waals surface area contributed by atoms with Crippen molar-refractivity contribution in [3.63, 3.8) is 0 Å². The van der Waals surface area contributed by atoms with Gasteiger partial charge in [-0.1, -0.05) is 0 Å². The molecule has 0 spiro atoms. The highest BCUT2D eigenvalue weighted by Gasteiger charge is 2.21. The van der Waals surface area contributed by atoms with Gasteiger partial charge in [-0.15, -0.1) is 0 Å². The summed E-state index contributed by atoms with van der Waals surface area (Å²) < 4.78 is 31.3. The van der Waals surface area contributed by atoms with Crippen LogP contribution in [0.2, 0.25) is 0 Å². The van der Waals surface area contributed by atoms with Gasteiger partial charge in [-0.05, 0) is 6.07 Å². The molecule has 1 aliphatic heterocycles. The highest BCUT2D eigenvalue weighted by molar-refractivity contribution is 6.12. The number of Topliss-reactive ketones (excluding diaryl/α,β-unsaturated/α-hetero) is 1. The number of ether oxygens (including phenoxy) is 1. The molecule has 1 aromatic carbocycles. The molecule has 0 radical (unpaired) electrons. The standard InChI is InChI=1S/C12H9F2NO2/c1-17-12-9(4-8(13)5-10(12)14)11(16)7-2-3-15-6-7/h3-6H,2H2,1H3. The normalized spacial score (nSPS) is 13.7. The molecule has 1 heterocycles. The molecule has 0 bridgehead atoms. The Labute approximate surface area is 96.4 Å². The molecule has 1 aliphatic rings. The van der Waals surface area contributed by atoms with Crippen molar-refractivity contribution in [1.29, 1.82) is 0 Å². The maximum Gasteiger partial charge on any atom is 0.194 e. The predicted molar refractivity (Wildman–Crippen MR) is 58.4 cm³/mol. The minimum absolute atomic E-state index is 0.123. The lowest BCUT2D eigenvalue weighted by atomic mass is 10.0. The monoisotopic (exact) mass is 237 g/mol. The van der Waals surface area contributed by atoms with Gasteiger partial charge in [0.05, 0.1) is 12.7 Å². The van der Waals surface area contributed by atoms with Crippen molar-refractivity contribution in [3.05, 3.63) is 41.1 Å². The molecule has 88 valence electrons. The van der Waals surface area contributed by atoms with Crippen molar-refractivity contribution >= 4 is 12.0 Å². The molecule has 0 unspecified atom stereocenters. The highest BCUT2D eigenvalue weighted by atomic mass is 19.1. The van der Waals surface area contributed by atoms with Gasteiger partial charge in [-0.2, -0.15) is 0 Å². The Morgan fingerprint density at radius 1 is 1.41 bits per heavy atom. The molecule has 0 fully saturated rings. The molecular weight excluding hydrogens is 228 g/mol. The Bertz CT molecular complexity index is 536. The summed E-state index contributed by atoms with van der Waals surface area (Å²) in [6.07, 6.45) is 3.29. The van der Waals surface area contributed by atoms with Crippen LogP contribution in [0, 0.1) is 11.6 Å². The summed E-state index contributed by atoms with van der Waals surface area (Å²) in [5, 5.41) is 0. The average molecular weight is 237 g/mol. The quantitative estimate of drug-likeness (QED) is 0.757. The number of ketones is 1. The van der Waals surface area contributed by atoms with Crippen LogP contribution in [0.3, 0.4) is 0 Å². The first-order chi connectivity index (χ1) is 8.13. The highest BCUT2D eigenvalue weighted by Crippen LogP contribution is 2.27. The summed E-state index contributed by atoms with van der Waals surface area (Å²) >= 11 is 0. The van der Waals surface area contributed by atoms with Crippen LogP contribution in [-0.2, 0) is 0 Å². The number of carbonyl (C=O) groups excluding carboxylic acids is 1. The second kappa shape index (κ2) is 4.45. The lowest BCUT2D eigenvalue weighted by Gasteiger charge is -2.09. The average Bonchev–Trinajstić information content (AvgIpc) is 2.80. The van der Waals surface area contributed by atoms with Crippen molar-refractivity contribution in [3.8, 4) is 5.75 Å². The molecule has 0 atom stereocenters. The van der Waals surface area contributed by atoms with Crippen LogP contribution in [0.25, 0.3) is 0 Å². The zero-order valence-electron chi connectivity index (χ0n) is 9.04. The molecule has 0 aliphatic carbocycles. The summed E-state index contributed by atoms with van der Waals surface area (Å²) in [5.74, 6) is -2.43.